The van der Waals surface area contributed by atoms with Crippen LogP contribution >= 0.6 is 12.4 Å². The molecule has 1 aliphatic heterocycles. The zero-order valence-corrected chi connectivity index (χ0v) is 11.0. The van der Waals surface area contributed by atoms with Crippen LogP contribution in [-0.4, -0.2) is 25.2 Å². The summed E-state index contributed by atoms with van der Waals surface area (Å²) in [6.45, 7) is 1.66. The van der Waals surface area contributed by atoms with Crippen LogP contribution in [0.25, 0.3) is 0 Å². The number of rotatable bonds is 2. The Labute approximate surface area is 116 Å². The summed E-state index contributed by atoms with van der Waals surface area (Å²) >= 11 is 0. The van der Waals surface area contributed by atoms with Crippen molar-refractivity contribution in [1.29, 1.82) is 0 Å². The number of hydrogen-bond donors (Lipinski definition) is 3. The highest BCUT2D eigenvalue weighted by atomic mass is 35.5. The van der Waals surface area contributed by atoms with Gasteiger partial charge in [-0.2, -0.15) is 0 Å². The Morgan fingerprint density at radius 3 is 2.37 bits per heavy atom. The number of carbonyl (C=O) groups is 1. The lowest BCUT2D eigenvalue weighted by Crippen LogP contribution is -2.44. The Bertz CT molecular complexity index is 419. The fourth-order valence-corrected chi connectivity index (χ4v) is 1.92. The van der Waals surface area contributed by atoms with E-state index in [-0.39, 0.29) is 18.4 Å². The molecule has 2 rings (SSSR count). The first kappa shape index (κ1) is 15.7. The summed E-state index contributed by atoms with van der Waals surface area (Å²) in [5.41, 5.74) is -0.413. The normalized spacial score (nSPS) is 15.5. The molecule has 1 aromatic carbocycles. The number of anilines is 1. The Balaban J connectivity index is 0.00000180. The number of piperidine rings is 1. The van der Waals surface area contributed by atoms with E-state index < -0.39 is 23.4 Å². The second-order valence-electron chi connectivity index (χ2n) is 4.22. The van der Waals surface area contributed by atoms with E-state index in [4.69, 9.17) is 0 Å². The molecule has 4 nitrogen and oxygen atoms in total. The first-order valence-corrected chi connectivity index (χ1v) is 5.89. The van der Waals surface area contributed by atoms with Crippen molar-refractivity contribution in [3.63, 3.8) is 0 Å². The van der Waals surface area contributed by atoms with Gasteiger partial charge in [0.1, 0.15) is 17.3 Å². The molecule has 1 aliphatic rings. The molecule has 0 bridgehead atoms. The first-order chi connectivity index (χ1) is 8.66. The van der Waals surface area contributed by atoms with Crippen LogP contribution in [0.15, 0.2) is 18.2 Å². The maximum atomic E-state index is 13.3. The first-order valence-electron chi connectivity index (χ1n) is 5.89. The Morgan fingerprint density at radius 2 is 1.79 bits per heavy atom. The molecule has 1 saturated heterocycles. The minimum absolute atomic E-state index is 0. The van der Waals surface area contributed by atoms with E-state index in [1.54, 1.807) is 0 Å². The molecule has 0 aromatic heterocycles. The van der Waals surface area contributed by atoms with Crippen molar-refractivity contribution in [1.82, 2.24) is 10.6 Å². The minimum atomic E-state index is -0.782. The van der Waals surface area contributed by atoms with E-state index in [9.17, 15) is 13.6 Å². The fourth-order valence-electron chi connectivity index (χ4n) is 1.92. The zero-order valence-electron chi connectivity index (χ0n) is 10.2. The minimum Gasteiger partial charge on any atom is -0.335 e. The maximum Gasteiger partial charge on any atom is 0.319 e. The Hall–Kier alpha value is -1.40. The topological polar surface area (TPSA) is 53.2 Å². The molecule has 0 saturated carbocycles. The van der Waals surface area contributed by atoms with Crippen LogP contribution in [0.3, 0.4) is 0 Å². The quantitative estimate of drug-likeness (QED) is 0.783. The molecule has 106 valence electrons. The number of halogens is 3. The smallest absolute Gasteiger partial charge is 0.319 e. The van der Waals surface area contributed by atoms with Crippen LogP contribution < -0.4 is 16.0 Å². The van der Waals surface area contributed by atoms with E-state index in [1.807, 2.05) is 0 Å². The van der Waals surface area contributed by atoms with Gasteiger partial charge in [-0.3, -0.25) is 0 Å². The van der Waals surface area contributed by atoms with Crippen molar-refractivity contribution in [3.05, 3.63) is 29.8 Å². The van der Waals surface area contributed by atoms with E-state index in [0.717, 1.165) is 38.1 Å². The molecule has 0 radical (unpaired) electrons. The number of amides is 2. The second-order valence-corrected chi connectivity index (χ2v) is 4.22. The summed E-state index contributed by atoms with van der Waals surface area (Å²) < 4.78 is 26.6. The lowest BCUT2D eigenvalue weighted by molar-refractivity contribution is 0.245. The summed E-state index contributed by atoms with van der Waals surface area (Å²) in [4.78, 5) is 11.6. The lowest BCUT2D eigenvalue weighted by atomic mass is 10.1. The highest BCUT2D eigenvalue weighted by Crippen LogP contribution is 2.17. The van der Waals surface area contributed by atoms with E-state index in [1.165, 1.54) is 6.07 Å². The summed E-state index contributed by atoms with van der Waals surface area (Å²) in [7, 11) is 0. The molecule has 0 unspecified atom stereocenters. The molecule has 0 atom stereocenters. The average molecular weight is 292 g/mol. The van der Waals surface area contributed by atoms with E-state index >= 15 is 0 Å². The third-order valence-corrected chi connectivity index (χ3v) is 2.88. The molecule has 19 heavy (non-hydrogen) atoms. The average Bonchev–Trinajstić information content (AvgIpc) is 2.35. The van der Waals surface area contributed by atoms with Crippen molar-refractivity contribution in [3.8, 4) is 0 Å². The number of para-hydroxylation sites is 1. The largest absolute Gasteiger partial charge is 0.335 e. The van der Waals surface area contributed by atoms with Gasteiger partial charge in [0.25, 0.3) is 0 Å². The van der Waals surface area contributed by atoms with E-state index in [2.05, 4.69) is 16.0 Å². The van der Waals surface area contributed by atoms with Crippen molar-refractivity contribution >= 4 is 24.1 Å². The molecular formula is C12H16ClF2N3O. The van der Waals surface area contributed by atoms with Gasteiger partial charge in [-0.15, -0.1) is 12.4 Å². The van der Waals surface area contributed by atoms with Crippen LogP contribution in [0.1, 0.15) is 12.8 Å². The maximum absolute atomic E-state index is 13.3. The van der Waals surface area contributed by atoms with Crippen LogP contribution in [0, 0.1) is 11.6 Å². The van der Waals surface area contributed by atoms with Gasteiger partial charge in [-0.1, -0.05) is 6.07 Å². The SMILES string of the molecule is Cl.O=C(Nc1c(F)cccc1F)NC1CCNCC1. The van der Waals surface area contributed by atoms with Gasteiger partial charge in [0.15, 0.2) is 0 Å². The molecule has 2 amide bonds. The second kappa shape index (κ2) is 7.25. The predicted octanol–water partition coefficient (Wildman–Crippen LogP) is 2.26. The number of carbonyl (C=O) groups excluding carboxylic acids is 1. The molecule has 3 N–H and O–H groups in total. The summed E-state index contributed by atoms with van der Waals surface area (Å²) in [5, 5.41) is 8.07. The molecule has 1 fully saturated rings. The molecule has 1 heterocycles. The van der Waals surface area contributed by atoms with Crippen molar-refractivity contribution < 1.29 is 13.6 Å². The lowest BCUT2D eigenvalue weighted by Gasteiger charge is -2.23. The van der Waals surface area contributed by atoms with Gasteiger partial charge in [0.2, 0.25) is 0 Å². The monoisotopic (exact) mass is 291 g/mol. The highest BCUT2D eigenvalue weighted by molar-refractivity contribution is 5.89. The Morgan fingerprint density at radius 1 is 1.21 bits per heavy atom. The molecule has 1 aromatic rings. The number of urea groups is 1. The van der Waals surface area contributed by atoms with Crippen molar-refractivity contribution in [2.75, 3.05) is 18.4 Å². The standard InChI is InChI=1S/C12H15F2N3O.ClH/c13-9-2-1-3-10(14)11(9)17-12(18)16-8-4-6-15-7-5-8;/h1-3,8,15H,4-7H2,(H2,16,17,18);1H. The molecule has 0 aliphatic carbocycles. The van der Waals surface area contributed by atoms with Gasteiger partial charge in [-0.25, -0.2) is 13.6 Å². The van der Waals surface area contributed by atoms with Gasteiger partial charge < -0.3 is 16.0 Å². The Kier molecular flexibility index (Phi) is 5.98. The van der Waals surface area contributed by atoms with Crippen LogP contribution in [0.4, 0.5) is 19.3 Å². The zero-order chi connectivity index (χ0) is 13.0. The number of benzene rings is 1. The summed E-state index contributed by atoms with van der Waals surface area (Å²) in [5.74, 6) is -1.56. The van der Waals surface area contributed by atoms with E-state index in [0.29, 0.717) is 0 Å². The summed E-state index contributed by atoms with van der Waals surface area (Å²) in [6.07, 6.45) is 1.63. The molecule has 7 heteroatoms. The third kappa shape index (κ3) is 4.33. The summed E-state index contributed by atoms with van der Waals surface area (Å²) in [6, 6.07) is 2.92. The predicted molar refractivity (Wildman–Crippen MR) is 71.7 cm³/mol. The number of hydrogen-bond acceptors (Lipinski definition) is 2. The van der Waals surface area contributed by atoms with Crippen LogP contribution in [0.2, 0.25) is 0 Å². The number of nitrogens with one attached hydrogen (secondary N) is 3. The van der Waals surface area contributed by atoms with Gasteiger partial charge >= 0.3 is 6.03 Å². The van der Waals surface area contributed by atoms with Gasteiger partial charge in [0, 0.05) is 6.04 Å². The fraction of sp³-hybridized carbons (Fsp3) is 0.417. The van der Waals surface area contributed by atoms with Crippen LogP contribution in [-0.2, 0) is 0 Å². The molecule has 0 spiro atoms. The third-order valence-electron chi connectivity index (χ3n) is 2.88. The highest BCUT2D eigenvalue weighted by Gasteiger charge is 2.17. The van der Waals surface area contributed by atoms with Crippen molar-refractivity contribution in [2.45, 2.75) is 18.9 Å². The van der Waals surface area contributed by atoms with Gasteiger partial charge in [-0.05, 0) is 38.1 Å². The van der Waals surface area contributed by atoms with Crippen LogP contribution in [0.5, 0.6) is 0 Å². The molecular weight excluding hydrogens is 276 g/mol. The van der Waals surface area contributed by atoms with Gasteiger partial charge in [0.05, 0.1) is 0 Å². The van der Waals surface area contributed by atoms with Crippen molar-refractivity contribution in [2.24, 2.45) is 0 Å².